The van der Waals surface area contributed by atoms with Crippen LogP contribution in [0.15, 0.2) is 30.3 Å². The normalized spacial score (nSPS) is 15.2. The molecule has 0 unspecified atom stereocenters. The molecule has 1 aromatic carbocycles. The third kappa shape index (κ3) is 6.72. The monoisotopic (exact) mass is 365 g/mol. The SMILES string of the molecule is CC[C@@H](C)[C@H](NC(=O)[C@@H](NC(=O)OCc1ccccc1)[C@@H](C)O)C(N)=O. The van der Waals surface area contributed by atoms with E-state index in [4.69, 9.17) is 10.5 Å². The number of ether oxygens (including phenoxy) is 1. The number of alkyl carbamates (subject to hydrolysis) is 1. The van der Waals surface area contributed by atoms with E-state index in [9.17, 15) is 19.5 Å². The van der Waals surface area contributed by atoms with Gasteiger partial charge in [-0.1, -0.05) is 50.6 Å². The standard InChI is InChI=1S/C18H27N3O5/c1-4-11(2)14(16(19)23)20-17(24)15(12(3)22)21-18(25)26-10-13-8-6-5-7-9-13/h5-9,11-12,14-15,22H,4,10H2,1-3H3,(H2,19,23)(H,20,24)(H,21,25)/t11-,12-,14+,15+/m1/s1. The summed E-state index contributed by atoms with van der Waals surface area (Å²) >= 11 is 0. The molecule has 8 nitrogen and oxygen atoms in total. The zero-order valence-electron chi connectivity index (χ0n) is 15.3. The molecule has 4 atom stereocenters. The van der Waals surface area contributed by atoms with Gasteiger partial charge in [-0.15, -0.1) is 0 Å². The highest BCUT2D eigenvalue weighted by Crippen LogP contribution is 2.08. The number of carbonyl (C=O) groups excluding carboxylic acids is 3. The van der Waals surface area contributed by atoms with Crippen LogP contribution in [0.25, 0.3) is 0 Å². The molecule has 0 aliphatic carbocycles. The summed E-state index contributed by atoms with van der Waals surface area (Å²) in [6, 6.07) is 6.86. The van der Waals surface area contributed by atoms with Crippen LogP contribution < -0.4 is 16.4 Å². The van der Waals surface area contributed by atoms with Gasteiger partial charge in [-0.3, -0.25) is 9.59 Å². The van der Waals surface area contributed by atoms with Crippen molar-refractivity contribution >= 4 is 17.9 Å². The van der Waals surface area contributed by atoms with Gasteiger partial charge in [0.25, 0.3) is 0 Å². The molecule has 1 aromatic rings. The third-order valence-electron chi connectivity index (χ3n) is 4.07. The Labute approximate surface area is 153 Å². The van der Waals surface area contributed by atoms with Gasteiger partial charge in [-0.05, 0) is 18.4 Å². The van der Waals surface area contributed by atoms with Crippen LogP contribution in [0.2, 0.25) is 0 Å². The number of nitrogens with two attached hydrogens (primary N) is 1. The van der Waals surface area contributed by atoms with Crippen molar-refractivity contribution in [3.8, 4) is 0 Å². The van der Waals surface area contributed by atoms with Gasteiger partial charge in [0, 0.05) is 0 Å². The molecule has 144 valence electrons. The van der Waals surface area contributed by atoms with E-state index in [2.05, 4.69) is 10.6 Å². The molecule has 26 heavy (non-hydrogen) atoms. The smallest absolute Gasteiger partial charge is 0.408 e. The van der Waals surface area contributed by atoms with E-state index in [0.29, 0.717) is 6.42 Å². The van der Waals surface area contributed by atoms with Crippen molar-refractivity contribution in [3.63, 3.8) is 0 Å². The molecule has 1 rings (SSSR count). The minimum absolute atomic E-state index is 0.0254. The molecule has 0 bridgehead atoms. The summed E-state index contributed by atoms with van der Waals surface area (Å²) in [7, 11) is 0. The fraction of sp³-hybridized carbons (Fsp3) is 0.500. The summed E-state index contributed by atoms with van der Waals surface area (Å²) in [6.45, 7) is 5.01. The van der Waals surface area contributed by atoms with E-state index in [0.717, 1.165) is 5.56 Å². The Morgan fingerprint density at radius 3 is 2.23 bits per heavy atom. The van der Waals surface area contributed by atoms with Crippen LogP contribution in [0, 0.1) is 5.92 Å². The Morgan fingerprint density at radius 2 is 1.73 bits per heavy atom. The number of aliphatic hydroxyl groups excluding tert-OH is 1. The summed E-state index contributed by atoms with van der Waals surface area (Å²) < 4.78 is 5.05. The molecule has 0 aliphatic rings. The number of carbonyl (C=O) groups is 3. The number of primary amides is 1. The van der Waals surface area contributed by atoms with Crippen molar-refractivity contribution in [2.45, 2.75) is 52.0 Å². The van der Waals surface area contributed by atoms with Gasteiger partial charge in [0.05, 0.1) is 6.10 Å². The lowest BCUT2D eigenvalue weighted by atomic mass is 9.98. The highest BCUT2D eigenvalue weighted by molar-refractivity contribution is 5.91. The second-order valence-corrected chi connectivity index (χ2v) is 6.20. The van der Waals surface area contributed by atoms with Crippen LogP contribution in [0.1, 0.15) is 32.8 Å². The molecule has 0 heterocycles. The van der Waals surface area contributed by atoms with Crippen LogP contribution in [0.5, 0.6) is 0 Å². The Bertz CT molecular complexity index is 606. The van der Waals surface area contributed by atoms with Crippen molar-refractivity contribution < 1.29 is 24.2 Å². The van der Waals surface area contributed by atoms with E-state index in [-0.39, 0.29) is 12.5 Å². The molecule has 0 saturated heterocycles. The highest BCUT2D eigenvalue weighted by Gasteiger charge is 2.31. The van der Waals surface area contributed by atoms with Crippen molar-refractivity contribution in [2.24, 2.45) is 11.7 Å². The van der Waals surface area contributed by atoms with E-state index in [1.807, 2.05) is 25.1 Å². The molecule has 0 spiro atoms. The fourth-order valence-corrected chi connectivity index (χ4v) is 2.27. The lowest BCUT2D eigenvalue weighted by molar-refractivity contribution is -0.131. The van der Waals surface area contributed by atoms with Crippen LogP contribution >= 0.6 is 0 Å². The largest absolute Gasteiger partial charge is 0.445 e. The average molecular weight is 365 g/mol. The van der Waals surface area contributed by atoms with E-state index in [1.165, 1.54) is 6.92 Å². The van der Waals surface area contributed by atoms with Crippen LogP contribution in [-0.2, 0) is 20.9 Å². The maximum absolute atomic E-state index is 12.4. The first-order valence-corrected chi connectivity index (χ1v) is 8.51. The molecule has 0 aromatic heterocycles. The van der Waals surface area contributed by atoms with E-state index in [1.54, 1.807) is 19.1 Å². The predicted molar refractivity (Wildman–Crippen MR) is 95.8 cm³/mol. The van der Waals surface area contributed by atoms with Crippen molar-refractivity contribution in [3.05, 3.63) is 35.9 Å². The highest BCUT2D eigenvalue weighted by atomic mass is 16.5. The van der Waals surface area contributed by atoms with Gasteiger partial charge in [-0.25, -0.2) is 4.79 Å². The minimum Gasteiger partial charge on any atom is -0.445 e. The number of benzene rings is 1. The van der Waals surface area contributed by atoms with Crippen LogP contribution in [-0.4, -0.2) is 41.2 Å². The van der Waals surface area contributed by atoms with Crippen molar-refractivity contribution in [2.75, 3.05) is 0 Å². The molecule has 0 saturated carbocycles. The number of aliphatic hydroxyl groups is 1. The van der Waals surface area contributed by atoms with Crippen molar-refractivity contribution in [1.82, 2.24) is 10.6 Å². The maximum atomic E-state index is 12.4. The van der Waals surface area contributed by atoms with Crippen LogP contribution in [0.3, 0.4) is 0 Å². The van der Waals surface area contributed by atoms with Gasteiger partial charge in [0.2, 0.25) is 11.8 Å². The second-order valence-electron chi connectivity index (χ2n) is 6.20. The zero-order valence-corrected chi connectivity index (χ0v) is 15.3. The zero-order chi connectivity index (χ0) is 19.7. The van der Waals surface area contributed by atoms with Gasteiger partial charge >= 0.3 is 6.09 Å². The molecule has 8 heteroatoms. The Balaban J connectivity index is 2.67. The first kappa shape index (κ1) is 21.4. The summed E-state index contributed by atoms with van der Waals surface area (Å²) in [5.41, 5.74) is 6.11. The number of amides is 3. The first-order valence-electron chi connectivity index (χ1n) is 8.51. The summed E-state index contributed by atoms with van der Waals surface area (Å²) in [4.78, 5) is 35.9. The molecular formula is C18H27N3O5. The quantitative estimate of drug-likeness (QED) is 0.511. The number of hydrogen-bond acceptors (Lipinski definition) is 5. The van der Waals surface area contributed by atoms with Gasteiger partial charge in [-0.2, -0.15) is 0 Å². The summed E-state index contributed by atoms with van der Waals surface area (Å²) in [5.74, 6) is -1.57. The number of hydrogen-bond donors (Lipinski definition) is 4. The Morgan fingerprint density at radius 1 is 1.12 bits per heavy atom. The van der Waals surface area contributed by atoms with Gasteiger partial charge < -0.3 is 26.2 Å². The minimum atomic E-state index is -1.27. The van der Waals surface area contributed by atoms with Gasteiger partial charge in [0.15, 0.2) is 0 Å². The molecule has 5 N–H and O–H groups in total. The number of rotatable bonds is 9. The molecule has 0 aliphatic heterocycles. The average Bonchev–Trinajstić information content (AvgIpc) is 2.61. The lowest BCUT2D eigenvalue weighted by Crippen LogP contribution is -2.58. The molecule has 3 amide bonds. The van der Waals surface area contributed by atoms with Crippen molar-refractivity contribution in [1.29, 1.82) is 0 Å². The summed E-state index contributed by atoms with van der Waals surface area (Å²) in [6.07, 6.45) is -1.42. The molecule has 0 fully saturated rings. The van der Waals surface area contributed by atoms with E-state index >= 15 is 0 Å². The Hall–Kier alpha value is -2.61. The fourth-order valence-electron chi connectivity index (χ4n) is 2.27. The van der Waals surface area contributed by atoms with Crippen LogP contribution in [0.4, 0.5) is 4.79 Å². The van der Waals surface area contributed by atoms with Gasteiger partial charge in [0.1, 0.15) is 18.7 Å². The predicted octanol–water partition coefficient (Wildman–Crippen LogP) is 0.678. The van der Waals surface area contributed by atoms with E-state index < -0.39 is 36.1 Å². The summed E-state index contributed by atoms with van der Waals surface area (Å²) in [5, 5.41) is 14.6. The first-order chi connectivity index (χ1) is 12.3. The molecule has 0 radical (unpaired) electrons. The topological polar surface area (TPSA) is 131 Å². The maximum Gasteiger partial charge on any atom is 0.408 e. The third-order valence-corrected chi connectivity index (χ3v) is 4.07. The second kappa shape index (κ2) is 10.4. The lowest BCUT2D eigenvalue weighted by Gasteiger charge is -2.26. The molecular weight excluding hydrogens is 338 g/mol. The number of nitrogens with one attached hydrogen (secondary N) is 2. The Kier molecular flexibility index (Phi) is 8.57.